The summed E-state index contributed by atoms with van der Waals surface area (Å²) >= 11 is 0. The van der Waals surface area contributed by atoms with Crippen molar-refractivity contribution >= 4 is 33.1 Å². The van der Waals surface area contributed by atoms with Crippen LogP contribution in [-0.2, 0) is 6.54 Å². The number of aryl methyl sites for hydroxylation is 1. The van der Waals surface area contributed by atoms with Crippen LogP contribution in [0.4, 0.5) is 0 Å². The molecule has 0 radical (unpaired) electrons. The van der Waals surface area contributed by atoms with Gasteiger partial charge in [0.05, 0.1) is 28.8 Å². The minimum atomic E-state index is 0.0510. The number of fused-ring (bicyclic) bond motifs is 4. The fourth-order valence-electron chi connectivity index (χ4n) is 3.59. The van der Waals surface area contributed by atoms with Gasteiger partial charge >= 0.3 is 0 Å². The molecule has 0 fully saturated rings. The van der Waals surface area contributed by atoms with Gasteiger partial charge in [-0.2, -0.15) is 0 Å². The summed E-state index contributed by atoms with van der Waals surface area (Å²) in [6.07, 6.45) is 1.14. The van der Waals surface area contributed by atoms with Crippen LogP contribution < -0.4 is 9.47 Å². The maximum absolute atomic E-state index is 6.00. The van der Waals surface area contributed by atoms with Crippen LogP contribution in [0.3, 0.4) is 0 Å². The third kappa shape index (κ3) is 3.26. The molecule has 5 heteroatoms. The van der Waals surface area contributed by atoms with Crippen molar-refractivity contribution in [1.29, 1.82) is 0 Å². The third-order valence-corrected chi connectivity index (χ3v) is 4.59. The van der Waals surface area contributed by atoms with Crippen molar-refractivity contribution in [2.45, 2.75) is 59.8 Å². The molecule has 28 heavy (non-hydrogen) atoms. The second kappa shape index (κ2) is 7.30. The van der Waals surface area contributed by atoms with Gasteiger partial charge in [0.15, 0.2) is 17.1 Å². The van der Waals surface area contributed by atoms with E-state index in [2.05, 4.69) is 35.8 Å². The van der Waals surface area contributed by atoms with E-state index in [1.54, 1.807) is 0 Å². The minimum absolute atomic E-state index is 0.0510. The van der Waals surface area contributed by atoms with Gasteiger partial charge in [0.1, 0.15) is 5.52 Å². The van der Waals surface area contributed by atoms with Gasteiger partial charge in [0, 0.05) is 24.1 Å². The van der Waals surface area contributed by atoms with E-state index >= 15 is 0 Å². The molecule has 0 saturated heterocycles. The first-order valence-corrected chi connectivity index (χ1v) is 10.0. The molecule has 0 aliphatic rings. The standard InChI is InChI=1S/C23H27N3O2/c1-6-11-26-19-10-8-7-9-16(19)22-23(26)25-18-13-21(28-15(4)5)20(27-14(2)3)12-17(18)24-22/h7-10,12-15H,6,11H2,1-5H3. The van der Waals surface area contributed by atoms with E-state index in [1.165, 1.54) is 5.52 Å². The predicted octanol–water partition coefficient (Wildman–Crippen LogP) is 5.72. The van der Waals surface area contributed by atoms with Gasteiger partial charge in [-0.05, 0) is 40.2 Å². The number of ether oxygens (including phenoxy) is 2. The van der Waals surface area contributed by atoms with E-state index in [-0.39, 0.29) is 12.2 Å². The molecule has 4 rings (SSSR count). The van der Waals surface area contributed by atoms with Crippen LogP contribution in [0.25, 0.3) is 33.1 Å². The molecule has 0 unspecified atom stereocenters. The molecule has 0 aliphatic heterocycles. The average molecular weight is 377 g/mol. The van der Waals surface area contributed by atoms with E-state index < -0.39 is 0 Å². The van der Waals surface area contributed by atoms with E-state index in [4.69, 9.17) is 19.4 Å². The second-order valence-corrected chi connectivity index (χ2v) is 7.69. The molecular formula is C23H27N3O2. The molecule has 0 bridgehead atoms. The first-order valence-electron chi connectivity index (χ1n) is 10.0. The van der Waals surface area contributed by atoms with Gasteiger partial charge in [-0.25, -0.2) is 9.97 Å². The second-order valence-electron chi connectivity index (χ2n) is 7.69. The summed E-state index contributed by atoms with van der Waals surface area (Å²) < 4.78 is 14.3. The molecule has 2 aromatic carbocycles. The normalized spacial score (nSPS) is 12.0. The Hall–Kier alpha value is -2.82. The van der Waals surface area contributed by atoms with Crippen LogP contribution in [0, 0.1) is 0 Å². The topological polar surface area (TPSA) is 49.2 Å². The van der Waals surface area contributed by atoms with Crippen LogP contribution >= 0.6 is 0 Å². The van der Waals surface area contributed by atoms with Gasteiger partial charge in [-0.15, -0.1) is 0 Å². The summed E-state index contributed by atoms with van der Waals surface area (Å²) in [6, 6.07) is 12.3. The smallest absolute Gasteiger partial charge is 0.163 e. The van der Waals surface area contributed by atoms with Crippen molar-refractivity contribution < 1.29 is 9.47 Å². The number of hydrogen-bond donors (Lipinski definition) is 0. The van der Waals surface area contributed by atoms with Crippen LogP contribution in [-0.4, -0.2) is 26.7 Å². The summed E-state index contributed by atoms with van der Waals surface area (Å²) in [7, 11) is 0. The van der Waals surface area contributed by atoms with Gasteiger partial charge in [0.25, 0.3) is 0 Å². The Balaban J connectivity index is 2.01. The van der Waals surface area contributed by atoms with E-state index in [0.29, 0.717) is 11.5 Å². The Morgan fingerprint density at radius 2 is 1.50 bits per heavy atom. The van der Waals surface area contributed by atoms with Gasteiger partial charge < -0.3 is 14.0 Å². The lowest BCUT2D eigenvalue weighted by atomic mass is 10.2. The zero-order valence-electron chi connectivity index (χ0n) is 17.2. The van der Waals surface area contributed by atoms with E-state index in [0.717, 1.165) is 40.5 Å². The largest absolute Gasteiger partial charge is 0.487 e. The van der Waals surface area contributed by atoms with Crippen LogP contribution in [0.15, 0.2) is 36.4 Å². The Kier molecular flexibility index (Phi) is 4.84. The number of aromatic nitrogens is 3. The van der Waals surface area contributed by atoms with Crippen molar-refractivity contribution in [2.75, 3.05) is 0 Å². The Morgan fingerprint density at radius 1 is 0.893 bits per heavy atom. The van der Waals surface area contributed by atoms with Crippen LogP contribution in [0.1, 0.15) is 41.0 Å². The van der Waals surface area contributed by atoms with Gasteiger partial charge in [-0.3, -0.25) is 0 Å². The quantitative estimate of drug-likeness (QED) is 0.431. The lowest BCUT2D eigenvalue weighted by Gasteiger charge is -2.17. The van der Waals surface area contributed by atoms with E-state index in [1.807, 2.05) is 39.8 Å². The first-order chi connectivity index (χ1) is 13.5. The highest BCUT2D eigenvalue weighted by Crippen LogP contribution is 2.35. The highest BCUT2D eigenvalue weighted by atomic mass is 16.5. The summed E-state index contributed by atoms with van der Waals surface area (Å²) in [6.45, 7) is 11.1. The SMILES string of the molecule is CCCn1c2ccccc2c2nc3cc(OC(C)C)c(OC(C)C)cc3nc21. The molecule has 0 amide bonds. The monoisotopic (exact) mass is 377 g/mol. The zero-order chi connectivity index (χ0) is 19.8. The number of para-hydroxylation sites is 1. The maximum Gasteiger partial charge on any atom is 0.163 e. The molecule has 0 aliphatic carbocycles. The van der Waals surface area contributed by atoms with E-state index in [9.17, 15) is 0 Å². The summed E-state index contributed by atoms with van der Waals surface area (Å²) in [5.74, 6) is 1.42. The van der Waals surface area contributed by atoms with Gasteiger partial charge in [0.2, 0.25) is 0 Å². The lowest BCUT2D eigenvalue weighted by molar-refractivity contribution is 0.199. The average Bonchev–Trinajstić information content (AvgIpc) is 2.93. The molecule has 0 N–H and O–H groups in total. The Labute approximate surface area is 165 Å². The molecule has 2 heterocycles. The molecule has 0 spiro atoms. The van der Waals surface area contributed by atoms with Crippen LogP contribution in [0.5, 0.6) is 11.5 Å². The molecular weight excluding hydrogens is 350 g/mol. The van der Waals surface area contributed by atoms with Crippen LogP contribution in [0.2, 0.25) is 0 Å². The first kappa shape index (κ1) is 18.5. The summed E-state index contributed by atoms with van der Waals surface area (Å²) in [5.41, 5.74) is 4.66. The summed E-state index contributed by atoms with van der Waals surface area (Å²) in [5, 5.41) is 1.13. The minimum Gasteiger partial charge on any atom is -0.487 e. The van der Waals surface area contributed by atoms with Crippen molar-refractivity contribution in [3.8, 4) is 11.5 Å². The van der Waals surface area contributed by atoms with Crippen molar-refractivity contribution in [3.05, 3.63) is 36.4 Å². The van der Waals surface area contributed by atoms with Crippen molar-refractivity contribution in [2.24, 2.45) is 0 Å². The Morgan fingerprint density at radius 3 is 2.11 bits per heavy atom. The Bertz CT molecular complexity index is 1150. The highest BCUT2D eigenvalue weighted by Gasteiger charge is 2.17. The number of hydrogen-bond acceptors (Lipinski definition) is 4. The summed E-state index contributed by atoms with van der Waals surface area (Å²) in [4.78, 5) is 9.96. The zero-order valence-corrected chi connectivity index (χ0v) is 17.2. The molecule has 2 aromatic heterocycles. The molecule has 4 aromatic rings. The number of nitrogens with zero attached hydrogens (tertiary/aromatic N) is 3. The molecule has 0 saturated carbocycles. The fourth-order valence-corrected chi connectivity index (χ4v) is 3.59. The predicted molar refractivity (Wildman–Crippen MR) is 114 cm³/mol. The molecule has 0 atom stereocenters. The molecule has 5 nitrogen and oxygen atoms in total. The fraction of sp³-hybridized carbons (Fsp3) is 0.391. The number of benzene rings is 2. The lowest BCUT2D eigenvalue weighted by Crippen LogP contribution is -2.11. The molecule has 146 valence electrons. The van der Waals surface area contributed by atoms with Crippen molar-refractivity contribution in [1.82, 2.24) is 14.5 Å². The number of rotatable bonds is 6. The van der Waals surface area contributed by atoms with Gasteiger partial charge in [-0.1, -0.05) is 25.1 Å². The highest BCUT2D eigenvalue weighted by molar-refractivity contribution is 6.06. The maximum atomic E-state index is 6.00. The van der Waals surface area contributed by atoms with Crippen molar-refractivity contribution in [3.63, 3.8) is 0 Å². The third-order valence-electron chi connectivity index (χ3n) is 4.59.